The Morgan fingerprint density at radius 3 is 2.54 bits per heavy atom. The largest absolute Gasteiger partial charge is 0.340 e. The van der Waals surface area contributed by atoms with Crippen molar-refractivity contribution in [3.63, 3.8) is 0 Å². The number of nitrogens with one attached hydrogen (secondary N) is 1. The summed E-state index contributed by atoms with van der Waals surface area (Å²) in [5.41, 5.74) is 1.71. The van der Waals surface area contributed by atoms with E-state index in [2.05, 4.69) is 5.32 Å². The molecule has 0 saturated carbocycles. The maximum Gasteiger partial charge on any atom is 0.252 e. The number of nitrogens with zero attached hydrogens (tertiary/aromatic N) is 1. The molecular weight excluding hydrogens is 324 g/mol. The van der Waals surface area contributed by atoms with Crippen molar-refractivity contribution in [3.05, 3.63) is 83.9 Å². The van der Waals surface area contributed by atoms with Crippen molar-refractivity contribution in [1.82, 2.24) is 10.2 Å². The first kappa shape index (κ1) is 16.3. The first-order valence-electron chi connectivity index (χ1n) is 8.84. The van der Waals surface area contributed by atoms with Crippen molar-refractivity contribution in [2.24, 2.45) is 0 Å². The molecule has 0 spiro atoms. The highest BCUT2D eigenvalue weighted by atomic mass is 16.2. The third kappa shape index (κ3) is 3.18. The van der Waals surface area contributed by atoms with E-state index in [4.69, 9.17) is 0 Å². The van der Waals surface area contributed by atoms with Crippen LogP contribution < -0.4 is 5.32 Å². The molecule has 3 aromatic rings. The van der Waals surface area contributed by atoms with Crippen LogP contribution in [0.15, 0.2) is 72.8 Å². The van der Waals surface area contributed by atoms with Crippen molar-refractivity contribution in [1.29, 1.82) is 0 Å². The minimum atomic E-state index is -0.454. The van der Waals surface area contributed by atoms with Crippen LogP contribution in [0.4, 0.5) is 0 Å². The van der Waals surface area contributed by atoms with Crippen LogP contribution in [-0.2, 0) is 11.3 Å². The predicted molar refractivity (Wildman–Crippen MR) is 102 cm³/mol. The number of rotatable bonds is 4. The van der Waals surface area contributed by atoms with E-state index in [1.54, 1.807) is 6.07 Å². The van der Waals surface area contributed by atoms with E-state index in [1.807, 2.05) is 71.6 Å². The molecule has 1 N–H and O–H groups in total. The molecule has 1 saturated heterocycles. The molecule has 1 aliphatic heterocycles. The van der Waals surface area contributed by atoms with Gasteiger partial charge in [-0.25, -0.2) is 0 Å². The van der Waals surface area contributed by atoms with Crippen LogP contribution in [0.1, 0.15) is 22.3 Å². The molecule has 0 aromatic heterocycles. The SMILES string of the molecule is O=C(N[C@@H]1CCN(Cc2ccccc2)C1=O)c1cccc2ccccc12. The molecule has 4 nitrogen and oxygen atoms in total. The summed E-state index contributed by atoms with van der Waals surface area (Å²) in [5, 5.41) is 4.84. The molecule has 0 bridgehead atoms. The molecular formula is C22H20N2O2. The van der Waals surface area contributed by atoms with Gasteiger partial charge in [0.15, 0.2) is 0 Å². The number of amides is 2. The van der Waals surface area contributed by atoms with Crippen molar-refractivity contribution < 1.29 is 9.59 Å². The zero-order valence-corrected chi connectivity index (χ0v) is 14.4. The molecule has 130 valence electrons. The Kier molecular flexibility index (Phi) is 4.40. The second-order valence-electron chi connectivity index (χ2n) is 6.59. The van der Waals surface area contributed by atoms with Crippen molar-refractivity contribution in [3.8, 4) is 0 Å². The number of fused-ring (bicyclic) bond motifs is 1. The van der Waals surface area contributed by atoms with Gasteiger partial charge in [-0.3, -0.25) is 9.59 Å². The van der Waals surface area contributed by atoms with Gasteiger partial charge in [0.2, 0.25) is 5.91 Å². The third-order valence-electron chi connectivity index (χ3n) is 4.85. The highest BCUT2D eigenvalue weighted by Crippen LogP contribution is 2.20. The van der Waals surface area contributed by atoms with Crippen LogP contribution in [0, 0.1) is 0 Å². The zero-order valence-electron chi connectivity index (χ0n) is 14.4. The van der Waals surface area contributed by atoms with Crippen LogP contribution in [0.5, 0.6) is 0 Å². The van der Waals surface area contributed by atoms with E-state index in [0.29, 0.717) is 25.1 Å². The number of hydrogen-bond donors (Lipinski definition) is 1. The molecule has 0 unspecified atom stereocenters. The minimum absolute atomic E-state index is 0.0116. The quantitative estimate of drug-likeness (QED) is 0.789. The average Bonchev–Trinajstić information content (AvgIpc) is 3.02. The van der Waals surface area contributed by atoms with Gasteiger partial charge in [-0.05, 0) is 28.8 Å². The summed E-state index contributed by atoms with van der Waals surface area (Å²) in [6.07, 6.45) is 0.641. The summed E-state index contributed by atoms with van der Waals surface area (Å²) in [7, 11) is 0. The Morgan fingerprint density at radius 2 is 1.69 bits per heavy atom. The van der Waals surface area contributed by atoms with Gasteiger partial charge in [0.1, 0.15) is 6.04 Å². The number of carbonyl (C=O) groups is 2. The smallest absolute Gasteiger partial charge is 0.252 e. The molecule has 2 amide bonds. The first-order chi connectivity index (χ1) is 12.7. The maximum atomic E-state index is 12.7. The number of benzene rings is 3. The van der Waals surface area contributed by atoms with Crippen molar-refractivity contribution >= 4 is 22.6 Å². The topological polar surface area (TPSA) is 49.4 Å². The molecule has 1 atom stereocenters. The third-order valence-corrected chi connectivity index (χ3v) is 4.85. The Balaban J connectivity index is 1.47. The average molecular weight is 344 g/mol. The summed E-state index contributed by atoms with van der Waals surface area (Å²) in [5.74, 6) is -0.204. The van der Waals surface area contributed by atoms with E-state index < -0.39 is 6.04 Å². The van der Waals surface area contributed by atoms with Gasteiger partial charge < -0.3 is 10.2 Å². The van der Waals surface area contributed by atoms with Gasteiger partial charge in [-0.15, -0.1) is 0 Å². The summed E-state index contributed by atoms with van der Waals surface area (Å²) in [6.45, 7) is 1.24. The lowest BCUT2D eigenvalue weighted by molar-refractivity contribution is -0.129. The van der Waals surface area contributed by atoms with Gasteiger partial charge in [-0.2, -0.15) is 0 Å². The summed E-state index contributed by atoms with van der Waals surface area (Å²) >= 11 is 0. The molecule has 0 radical (unpaired) electrons. The standard InChI is InChI=1S/C22H20N2O2/c25-21(19-12-6-10-17-9-4-5-11-18(17)19)23-20-13-14-24(22(20)26)15-16-7-2-1-3-8-16/h1-12,20H,13-15H2,(H,23,25)/t20-/m1/s1. The molecule has 4 heteroatoms. The Bertz CT molecular complexity index is 947. The second kappa shape index (κ2) is 7.00. The van der Waals surface area contributed by atoms with Gasteiger partial charge >= 0.3 is 0 Å². The van der Waals surface area contributed by atoms with Crippen LogP contribution in [0.25, 0.3) is 10.8 Å². The van der Waals surface area contributed by atoms with E-state index in [1.165, 1.54) is 0 Å². The van der Waals surface area contributed by atoms with E-state index in [-0.39, 0.29) is 11.8 Å². The molecule has 1 heterocycles. The summed E-state index contributed by atoms with van der Waals surface area (Å²) in [4.78, 5) is 27.2. The number of carbonyl (C=O) groups excluding carboxylic acids is 2. The van der Waals surface area contributed by atoms with Crippen LogP contribution in [-0.4, -0.2) is 29.3 Å². The zero-order chi connectivity index (χ0) is 17.9. The maximum absolute atomic E-state index is 12.7. The highest BCUT2D eigenvalue weighted by Gasteiger charge is 2.32. The lowest BCUT2D eigenvalue weighted by atomic mass is 10.0. The van der Waals surface area contributed by atoms with Gasteiger partial charge in [0, 0.05) is 18.7 Å². The summed E-state index contributed by atoms with van der Waals surface area (Å²) < 4.78 is 0. The second-order valence-corrected chi connectivity index (χ2v) is 6.59. The van der Waals surface area contributed by atoms with Crippen LogP contribution >= 0.6 is 0 Å². The fourth-order valence-electron chi connectivity index (χ4n) is 3.49. The lowest BCUT2D eigenvalue weighted by Gasteiger charge is -2.17. The Labute approximate surface area is 152 Å². The highest BCUT2D eigenvalue weighted by molar-refractivity contribution is 6.08. The van der Waals surface area contributed by atoms with Crippen molar-refractivity contribution in [2.75, 3.05) is 6.54 Å². The fraction of sp³-hybridized carbons (Fsp3) is 0.182. The van der Waals surface area contributed by atoms with E-state index >= 15 is 0 Å². The fourth-order valence-corrected chi connectivity index (χ4v) is 3.49. The van der Waals surface area contributed by atoms with Crippen LogP contribution in [0.2, 0.25) is 0 Å². The molecule has 0 aliphatic carbocycles. The van der Waals surface area contributed by atoms with Crippen molar-refractivity contribution in [2.45, 2.75) is 19.0 Å². The van der Waals surface area contributed by atoms with Gasteiger partial charge in [0.25, 0.3) is 5.91 Å². The molecule has 4 rings (SSSR count). The molecule has 1 fully saturated rings. The van der Waals surface area contributed by atoms with Gasteiger partial charge in [-0.1, -0.05) is 66.7 Å². The first-order valence-corrected chi connectivity index (χ1v) is 8.84. The monoisotopic (exact) mass is 344 g/mol. The Morgan fingerprint density at radius 1 is 0.962 bits per heavy atom. The molecule has 1 aliphatic rings. The van der Waals surface area contributed by atoms with E-state index in [9.17, 15) is 9.59 Å². The normalized spacial score (nSPS) is 16.8. The number of likely N-dealkylation sites (tertiary alicyclic amines) is 1. The molecule has 26 heavy (non-hydrogen) atoms. The molecule has 3 aromatic carbocycles. The number of hydrogen-bond acceptors (Lipinski definition) is 2. The summed E-state index contributed by atoms with van der Waals surface area (Å²) in [6, 6.07) is 22.9. The van der Waals surface area contributed by atoms with Gasteiger partial charge in [0.05, 0.1) is 0 Å². The Hall–Kier alpha value is -3.14. The minimum Gasteiger partial charge on any atom is -0.340 e. The van der Waals surface area contributed by atoms with Crippen LogP contribution in [0.3, 0.4) is 0 Å². The van der Waals surface area contributed by atoms with E-state index in [0.717, 1.165) is 16.3 Å². The lowest BCUT2D eigenvalue weighted by Crippen LogP contribution is -2.41. The predicted octanol–water partition coefficient (Wildman–Crippen LogP) is 3.37.